The molecule has 2 aliphatic carbocycles. The predicted molar refractivity (Wildman–Crippen MR) is 219 cm³/mol. The highest BCUT2D eigenvalue weighted by Gasteiger charge is 2.63. The van der Waals surface area contributed by atoms with E-state index < -0.39 is 12.6 Å². The molecule has 2 unspecified atom stereocenters. The molecule has 0 N–H and O–H groups in total. The van der Waals surface area contributed by atoms with Crippen molar-refractivity contribution in [2.24, 2.45) is 0 Å². The van der Waals surface area contributed by atoms with Crippen molar-refractivity contribution in [2.75, 3.05) is 0 Å². The van der Waals surface area contributed by atoms with E-state index >= 15 is 4.57 Å². The molecule has 0 amide bonds. The van der Waals surface area contributed by atoms with Crippen LogP contribution in [-0.2, 0) is 9.98 Å². The highest BCUT2D eigenvalue weighted by atomic mass is 31.2. The molecule has 3 aliphatic rings. The monoisotopic (exact) mass is 724 g/mol. The minimum absolute atomic E-state index is 0.600. The molecule has 0 saturated carbocycles. The van der Waals surface area contributed by atoms with Gasteiger partial charge in [0, 0.05) is 32.8 Å². The molecule has 258 valence electrons. The van der Waals surface area contributed by atoms with Crippen LogP contribution in [0, 0.1) is 0 Å². The summed E-state index contributed by atoms with van der Waals surface area (Å²) < 4.78 is 30.6. The summed E-state index contributed by atoms with van der Waals surface area (Å²) in [6.07, 6.45) is 0. The molecular weight excluding hydrogens is 696 g/mol. The Balaban J connectivity index is 1.17. The van der Waals surface area contributed by atoms with Crippen LogP contribution in [0.3, 0.4) is 0 Å². The molecule has 7 aromatic carbocycles. The van der Waals surface area contributed by atoms with E-state index in [4.69, 9.17) is 19.1 Å². The Morgan fingerprint density at radius 2 is 1.25 bits per heavy atom. The molecule has 9 aromatic rings. The van der Waals surface area contributed by atoms with Gasteiger partial charge in [0.1, 0.15) is 28.3 Å². The Morgan fingerprint density at radius 1 is 0.564 bits per heavy atom. The molecule has 2 aromatic heterocycles. The minimum atomic E-state index is -3.51. The Labute approximate surface area is 316 Å². The van der Waals surface area contributed by atoms with E-state index in [1.807, 2.05) is 109 Å². The summed E-state index contributed by atoms with van der Waals surface area (Å²) in [6, 6.07) is 59.1. The van der Waals surface area contributed by atoms with Crippen LogP contribution in [0.25, 0.3) is 61.0 Å². The standard InChI is InChI=1S/C49H29N2O3P/c52-55(32-17-5-2-6-18-32)42-26-14-13-25-41(42)54-47-45(55)43-35-21-9-12-24-40(35)53-46(43)49(47)37-22-10-7-19-33(37)36-29-31(27-28-38(36)49)48-50-39-23-11-8-20-34(39)44(51-48)30-15-3-1-4-16-30/h1-29H. The van der Waals surface area contributed by atoms with Crippen molar-refractivity contribution in [2.45, 2.75) is 5.41 Å². The molecule has 1 aliphatic heterocycles. The number of allylic oxidation sites excluding steroid dienone is 1. The molecule has 0 saturated heterocycles. The summed E-state index contributed by atoms with van der Waals surface area (Å²) in [5.41, 5.74) is 8.41. The first kappa shape index (κ1) is 30.6. The second kappa shape index (κ2) is 11.1. The first-order valence-electron chi connectivity index (χ1n) is 18.4. The average Bonchev–Trinajstić information content (AvgIpc) is 3.87. The summed E-state index contributed by atoms with van der Waals surface area (Å²) in [7, 11) is -3.51. The third kappa shape index (κ3) is 3.95. The van der Waals surface area contributed by atoms with Gasteiger partial charge in [-0.25, -0.2) is 9.97 Å². The van der Waals surface area contributed by atoms with Crippen molar-refractivity contribution in [3.05, 3.63) is 204 Å². The third-order valence-corrected chi connectivity index (χ3v) is 14.7. The number of hydrogen-bond acceptors (Lipinski definition) is 5. The van der Waals surface area contributed by atoms with E-state index in [1.165, 1.54) is 0 Å². The lowest BCUT2D eigenvalue weighted by Gasteiger charge is -2.34. The maximum absolute atomic E-state index is 16.4. The Kier molecular flexibility index (Phi) is 6.19. The molecule has 0 bridgehead atoms. The molecule has 12 rings (SSSR count). The van der Waals surface area contributed by atoms with Crippen molar-refractivity contribution < 1.29 is 13.7 Å². The van der Waals surface area contributed by atoms with Gasteiger partial charge in [-0.1, -0.05) is 146 Å². The largest absolute Gasteiger partial charge is 0.459 e. The Hall–Kier alpha value is -6.81. The van der Waals surface area contributed by atoms with Crippen LogP contribution in [0.5, 0.6) is 5.75 Å². The van der Waals surface area contributed by atoms with Gasteiger partial charge in [-0.3, -0.25) is 0 Å². The topological polar surface area (TPSA) is 65.2 Å². The van der Waals surface area contributed by atoms with Gasteiger partial charge in [-0.2, -0.15) is 0 Å². The molecule has 6 heteroatoms. The molecule has 55 heavy (non-hydrogen) atoms. The van der Waals surface area contributed by atoms with E-state index in [0.717, 1.165) is 77.6 Å². The number of benzene rings is 7. The van der Waals surface area contributed by atoms with Crippen molar-refractivity contribution >= 4 is 44.9 Å². The lowest BCUT2D eigenvalue weighted by atomic mass is 9.76. The van der Waals surface area contributed by atoms with Crippen LogP contribution < -0.4 is 15.3 Å². The number of ether oxygens (including phenoxy) is 1. The number of para-hydroxylation sites is 3. The van der Waals surface area contributed by atoms with Gasteiger partial charge in [0.15, 0.2) is 13.0 Å². The van der Waals surface area contributed by atoms with Gasteiger partial charge < -0.3 is 13.7 Å². The number of aromatic nitrogens is 2. The lowest BCUT2D eigenvalue weighted by Crippen LogP contribution is -2.33. The highest BCUT2D eigenvalue weighted by molar-refractivity contribution is 7.88. The quantitative estimate of drug-likeness (QED) is 0.170. The van der Waals surface area contributed by atoms with Crippen LogP contribution in [0.1, 0.15) is 22.5 Å². The van der Waals surface area contributed by atoms with Crippen LogP contribution in [0.15, 0.2) is 186 Å². The number of furan rings is 1. The van der Waals surface area contributed by atoms with E-state index in [0.29, 0.717) is 28.0 Å². The maximum atomic E-state index is 16.4. The Bertz CT molecular complexity index is 3170. The van der Waals surface area contributed by atoms with E-state index in [9.17, 15) is 0 Å². The first-order chi connectivity index (χ1) is 27.2. The summed E-state index contributed by atoms with van der Waals surface area (Å²) in [5, 5.41) is 4.08. The zero-order valence-electron chi connectivity index (χ0n) is 29.3. The molecule has 1 spiro atoms. The summed E-state index contributed by atoms with van der Waals surface area (Å²) in [6.45, 7) is 0. The fraction of sp³-hybridized carbons (Fsp3) is 0.0204. The molecule has 0 radical (unpaired) electrons. The molecule has 0 fully saturated rings. The number of fused-ring (bicyclic) bond motifs is 13. The fourth-order valence-electron chi connectivity index (χ4n) is 9.24. The van der Waals surface area contributed by atoms with Gasteiger partial charge in [0.2, 0.25) is 0 Å². The number of nitrogens with zero attached hydrogens (tertiary/aromatic N) is 2. The van der Waals surface area contributed by atoms with Gasteiger partial charge >= 0.3 is 0 Å². The average molecular weight is 725 g/mol. The van der Waals surface area contributed by atoms with Gasteiger partial charge in [0.25, 0.3) is 0 Å². The van der Waals surface area contributed by atoms with Gasteiger partial charge in [-0.05, 0) is 52.6 Å². The van der Waals surface area contributed by atoms with Gasteiger partial charge in [-0.15, -0.1) is 0 Å². The lowest BCUT2D eigenvalue weighted by molar-refractivity contribution is 0.351. The van der Waals surface area contributed by atoms with Crippen molar-refractivity contribution in [1.82, 2.24) is 9.97 Å². The second-order valence-corrected chi connectivity index (χ2v) is 17.0. The third-order valence-electron chi connectivity index (χ3n) is 11.5. The van der Waals surface area contributed by atoms with Crippen molar-refractivity contribution in [3.8, 4) is 39.5 Å². The predicted octanol–water partition coefficient (Wildman–Crippen LogP) is 11.1. The highest BCUT2D eigenvalue weighted by Crippen LogP contribution is 2.73. The van der Waals surface area contributed by atoms with Crippen molar-refractivity contribution in [1.29, 1.82) is 0 Å². The molecular formula is C49H29N2O3P. The summed E-state index contributed by atoms with van der Waals surface area (Å²) in [5.74, 6) is 2.62. The van der Waals surface area contributed by atoms with E-state index in [1.54, 1.807) is 0 Å². The number of hydrogen-bond donors (Lipinski definition) is 0. The minimum Gasteiger partial charge on any atom is -0.459 e. The smallest absolute Gasteiger partial charge is 0.178 e. The summed E-state index contributed by atoms with van der Waals surface area (Å²) >= 11 is 0. The normalized spacial score (nSPS) is 18.8. The van der Waals surface area contributed by atoms with Crippen LogP contribution in [0.2, 0.25) is 0 Å². The van der Waals surface area contributed by atoms with Crippen LogP contribution >= 0.6 is 7.14 Å². The zero-order chi connectivity index (χ0) is 36.3. The zero-order valence-corrected chi connectivity index (χ0v) is 30.2. The summed E-state index contributed by atoms with van der Waals surface area (Å²) in [4.78, 5) is 10.3. The van der Waals surface area contributed by atoms with Gasteiger partial charge in [0.05, 0.1) is 21.8 Å². The molecule has 2 atom stereocenters. The Morgan fingerprint density at radius 3 is 2.13 bits per heavy atom. The van der Waals surface area contributed by atoms with E-state index in [-0.39, 0.29) is 0 Å². The maximum Gasteiger partial charge on any atom is 0.178 e. The van der Waals surface area contributed by atoms with Crippen LogP contribution in [0.4, 0.5) is 0 Å². The van der Waals surface area contributed by atoms with Crippen molar-refractivity contribution in [3.63, 3.8) is 0 Å². The molecule has 3 heterocycles. The van der Waals surface area contributed by atoms with Crippen LogP contribution in [-0.4, -0.2) is 9.97 Å². The molecule has 5 nitrogen and oxygen atoms in total. The second-order valence-electron chi connectivity index (χ2n) is 14.3. The first-order valence-corrected chi connectivity index (χ1v) is 20.1. The fourth-order valence-corrected chi connectivity index (χ4v) is 12.4. The SMILES string of the molecule is O=P1(c2ccccc2)C2=C(Oc3ccccc31)C1(c3ccccc3-c3cc(-c4nc(-c5ccccc5)c5ccccc5n4)ccc31)c1oc3ccccc3c12. The number of rotatable bonds is 3. The van der Waals surface area contributed by atoms with E-state index in [2.05, 4.69) is 66.7 Å².